The Labute approximate surface area is 152 Å². The Morgan fingerprint density at radius 3 is 2.72 bits per heavy atom. The van der Waals surface area contributed by atoms with Crippen LogP contribution in [0.25, 0.3) is 5.69 Å². The number of pyridine rings is 1. The Morgan fingerprint density at radius 2 is 1.92 bits per heavy atom. The first kappa shape index (κ1) is 16.3. The lowest BCUT2D eigenvalue weighted by Crippen LogP contribution is -2.45. The first-order chi connectivity index (χ1) is 12.3. The Kier molecular flexibility index (Phi) is 4.78. The molecule has 1 fully saturated rings. The molecule has 0 saturated carbocycles. The van der Waals surface area contributed by atoms with Crippen LogP contribution in [-0.2, 0) is 6.54 Å². The minimum atomic E-state index is 0.357. The van der Waals surface area contributed by atoms with E-state index in [-0.39, 0.29) is 0 Å². The van der Waals surface area contributed by atoms with Gasteiger partial charge in [0.15, 0.2) is 0 Å². The third kappa shape index (κ3) is 3.74. The lowest BCUT2D eigenvalue weighted by molar-refractivity contribution is 0.153. The topological polar surface area (TPSA) is 46.0 Å². The van der Waals surface area contributed by atoms with Crippen LogP contribution in [0.1, 0.15) is 17.2 Å². The quantitative estimate of drug-likeness (QED) is 0.783. The van der Waals surface area contributed by atoms with Gasteiger partial charge in [0.05, 0.1) is 11.9 Å². The van der Waals surface area contributed by atoms with Crippen LogP contribution in [0.4, 0.5) is 0 Å². The number of hydrogen-bond donors (Lipinski definition) is 1. The molecular weight excluding hydrogens is 334 g/mol. The molecule has 128 valence electrons. The summed E-state index contributed by atoms with van der Waals surface area (Å²) in [7, 11) is 0. The summed E-state index contributed by atoms with van der Waals surface area (Å²) in [6.07, 6.45) is 7.76. The molecule has 4 rings (SSSR count). The summed E-state index contributed by atoms with van der Waals surface area (Å²) in [6.45, 7) is 3.85. The smallest absolute Gasteiger partial charge is 0.0646 e. The van der Waals surface area contributed by atoms with E-state index in [0.717, 1.165) is 36.9 Å². The van der Waals surface area contributed by atoms with Crippen molar-refractivity contribution in [2.75, 3.05) is 19.6 Å². The van der Waals surface area contributed by atoms with Gasteiger partial charge in [-0.2, -0.15) is 5.10 Å². The molecule has 0 radical (unpaired) electrons. The van der Waals surface area contributed by atoms with Crippen molar-refractivity contribution in [3.63, 3.8) is 0 Å². The predicted octanol–water partition coefficient (Wildman–Crippen LogP) is 3.07. The van der Waals surface area contributed by atoms with Gasteiger partial charge in [0, 0.05) is 61.4 Å². The Bertz CT molecular complexity index is 815. The lowest BCUT2D eigenvalue weighted by Gasteiger charge is -2.36. The second kappa shape index (κ2) is 7.35. The highest BCUT2D eigenvalue weighted by Crippen LogP contribution is 2.24. The molecule has 0 spiro atoms. The maximum Gasteiger partial charge on any atom is 0.0646 e. The molecule has 0 bridgehead atoms. The summed E-state index contributed by atoms with van der Waals surface area (Å²) in [4.78, 5) is 6.63. The molecule has 2 aromatic heterocycles. The molecule has 3 heterocycles. The van der Waals surface area contributed by atoms with Gasteiger partial charge in [-0.3, -0.25) is 9.88 Å². The molecular formula is C19H20ClN5. The molecule has 1 saturated heterocycles. The van der Waals surface area contributed by atoms with Crippen LogP contribution in [0.3, 0.4) is 0 Å². The molecule has 1 unspecified atom stereocenters. The molecule has 1 aliphatic rings. The number of rotatable bonds is 4. The van der Waals surface area contributed by atoms with Gasteiger partial charge >= 0.3 is 0 Å². The molecule has 1 atom stereocenters. The monoisotopic (exact) mass is 353 g/mol. The lowest BCUT2D eigenvalue weighted by atomic mass is 10.0. The number of aromatic nitrogens is 3. The normalized spacial score (nSPS) is 18.4. The Morgan fingerprint density at radius 1 is 1.12 bits per heavy atom. The highest BCUT2D eigenvalue weighted by Gasteiger charge is 2.24. The number of hydrogen-bond acceptors (Lipinski definition) is 4. The summed E-state index contributed by atoms with van der Waals surface area (Å²) < 4.78 is 1.90. The van der Waals surface area contributed by atoms with E-state index in [0.29, 0.717) is 6.04 Å². The van der Waals surface area contributed by atoms with E-state index < -0.39 is 0 Å². The van der Waals surface area contributed by atoms with E-state index >= 15 is 0 Å². The van der Waals surface area contributed by atoms with Gasteiger partial charge in [-0.05, 0) is 42.0 Å². The van der Waals surface area contributed by atoms with Crippen molar-refractivity contribution in [2.45, 2.75) is 12.6 Å². The SMILES string of the molecule is Clc1ccc(-n2cc(CN3CCNCC3c3ccncc3)cn2)cc1. The summed E-state index contributed by atoms with van der Waals surface area (Å²) in [5, 5.41) is 8.72. The van der Waals surface area contributed by atoms with Crippen LogP contribution < -0.4 is 5.32 Å². The van der Waals surface area contributed by atoms with E-state index in [1.807, 2.05) is 47.5 Å². The third-order valence-corrected chi connectivity index (χ3v) is 4.81. The highest BCUT2D eigenvalue weighted by atomic mass is 35.5. The van der Waals surface area contributed by atoms with Gasteiger partial charge in [-0.1, -0.05) is 11.6 Å². The third-order valence-electron chi connectivity index (χ3n) is 4.56. The summed E-state index contributed by atoms with van der Waals surface area (Å²) in [5.41, 5.74) is 3.52. The molecule has 1 aromatic carbocycles. The zero-order valence-corrected chi connectivity index (χ0v) is 14.6. The maximum absolute atomic E-state index is 5.96. The van der Waals surface area contributed by atoms with E-state index in [2.05, 4.69) is 38.6 Å². The van der Waals surface area contributed by atoms with Crippen LogP contribution in [0.5, 0.6) is 0 Å². The molecule has 1 N–H and O–H groups in total. The van der Waals surface area contributed by atoms with Gasteiger partial charge in [-0.15, -0.1) is 0 Å². The largest absolute Gasteiger partial charge is 0.314 e. The second-order valence-corrected chi connectivity index (χ2v) is 6.68. The van der Waals surface area contributed by atoms with Crippen molar-refractivity contribution >= 4 is 11.6 Å². The van der Waals surface area contributed by atoms with Crippen molar-refractivity contribution in [3.8, 4) is 5.69 Å². The van der Waals surface area contributed by atoms with Gasteiger partial charge in [0.2, 0.25) is 0 Å². The predicted molar refractivity (Wildman–Crippen MR) is 98.8 cm³/mol. The van der Waals surface area contributed by atoms with Crippen molar-refractivity contribution in [2.24, 2.45) is 0 Å². The van der Waals surface area contributed by atoms with E-state index in [1.54, 1.807) is 0 Å². The zero-order valence-electron chi connectivity index (χ0n) is 13.8. The van der Waals surface area contributed by atoms with Gasteiger partial charge < -0.3 is 5.32 Å². The number of halogens is 1. The number of piperazine rings is 1. The van der Waals surface area contributed by atoms with Crippen LogP contribution in [0.2, 0.25) is 5.02 Å². The number of nitrogens with one attached hydrogen (secondary N) is 1. The van der Waals surface area contributed by atoms with Crippen LogP contribution in [-0.4, -0.2) is 39.3 Å². The Balaban J connectivity index is 1.51. The standard InChI is InChI=1S/C19H20ClN5/c20-17-1-3-18(4-2-17)25-14-15(11-23-25)13-24-10-9-22-12-19(24)16-5-7-21-8-6-16/h1-8,11,14,19,22H,9-10,12-13H2. The Hall–Kier alpha value is -2.21. The maximum atomic E-state index is 5.96. The van der Waals surface area contributed by atoms with Gasteiger partial charge in [0.25, 0.3) is 0 Å². The fourth-order valence-electron chi connectivity index (χ4n) is 3.26. The van der Waals surface area contributed by atoms with Crippen molar-refractivity contribution in [3.05, 3.63) is 77.3 Å². The number of benzene rings is 1. The first-order valence-corrected chi connectivity index (χ1v) is 8.81. The first-order valence-electron chi connectivity index (χ1n) is 8.44. The van der Waals surface area contributed by atoms with Gasteiger partial charge in [0.1, 0.15) is 0 Å². The number of nitrogens with zero attached hydrogens (tertiary/aromatic N) is 4. The minimum Gasteiger partial charge on any atom is -0.314 e. The molecule has 25 heavy (non-hydrogen) atoms. The van der Waals surface area contributed by atoms with Crippen LogP contribution in [0.15, 0.2) is 61.2 Å². The van der Waals surface area contributed by atoms with Crippen molar-refractivity contribution < 1.29 is 0 Å². The molecule has 6 heteroatoms. The van der Waals surface area contributed by atoms with Crippen LogP contribution in [0, 0.1) is 0 Å². The van der Waals surface area contributed by atoms with E-state index in [4.69, 9.17) is 11.6 Å². The summed E-state index contributed by atoms with van der Waals surface area (Å²) in [5.74, 6) is 0. The van der Waals surface area contributed by atoms with Crippen LogP contribution >= 0.6 is 11.6 Å². The minimum absolute atomic E-state index is 0.357. The second-order valence-electron chi connectivity index (χ2n) is 6.24. The van der Waals surface area contributed by atoms with Crippen molar-refractivity contribution in [1.82, 2.24) is 25.0 Å². The fraction of sp³-hybridized carbons (Fsp3) is 0.263. The zero-order chi connectivity index (χ0) is 17.1. The summed E-state index contributed by atoms with van der Waals surface area (Å²) >= 11 is 5.96. The molecule has 0 aliphatic carbocycles. The van der Waals surface area contributed by atoms with E-state index in [1.165, 1.54) is 11.1 Å². The molecule has 3 aromatic rings. The average molecular weight is 354 g/mol. The van der Waals surface area contributed by atoms with Gasteiger partial charge in [-0.25, -0.2) is 4.68 Å². The molecule has 1 aliphatic heterocycles. The summed E-state index contributed by atoms with van der Waals surface area (Å²) in [6, 6.07) is 12.3. The highest BCUT2D eigenvalue weighted by molar-refractivity contribution is 6.30. The fourth-order valence-corrected chi connectivity index (χ4v) is 3.39. The van der Waals surface area contributed by atoms with Crippen molar-refractivity contribution in [1.29, 1.82) is 0 Å². The molecule has 5 nitrogen and oxygen atoms in total. The molecule has 0 amide bonds. The average Bonchev–Trinajstić information content (AvgIpc) is 3.12. The van der Waals surface area contributed by atoms with E-state index in [9.17, 15) is 0 Å².